The van der Waals surface area contributed by atoms with Crippen LogP contribution in [0.1, 0.15) is 130 Å². The SMILES string of the molecule is Cc1cc(C[C@@H](CC(=O)N2CCC(c3cc4ccccc4n(COC(=O)C4(c5ccccc5)CCCCC4)c3=O)CC2)C(=O)N2CCN(C3CCN(C)CC3)CC2)cc2cnn(COC(=O)C3(c4ccccc4)CCCCC3)c12. The smallest absolute Gasteiger partial charge is 0.318 e. The Morgan fingerprint density at radius 2 is 1.22 bits per heavy atom. The molecule has 6 aromatic rings. The van der Waals surface area contributed by atoms with Gasteiger partial charge in [-0.3, -0.25) is 33.4 Å². The normalized spacial score (nSPS) is 20.0. The van der Waals surface area contributed by atoms with Crippen molar-refractivity contribution in [3.63, 3.8) is 0 Å². The van der Waals surface area contributed by atoms with Crippen molar-refractivity contribution in [3.05, 3.63) is 147 Å². The van der Waals surface area contributed by atoms with E-state index in [9.17, 15) is 24.0 Å². The monoisotopic (exact) mass is 1070 g/mol. The number of benzene rings is 4. The van der Waals surface area contributed by atoms with Crippen molar-refractivity contribution in [3.8, 4) is 0 Å². The van der Waals surface area contributed by atoms with Crippen molar-refractivity contribution >= 4 is 45.6 Å². The second-order valence-corrected chi connectivity index (χ2v) is 23.7. The van der Waals surface area contributed by atoms with Gasteiger partial charge in [-0.1, -0.05) is 123 Å². The minimum atomic E-state index is -0.738. The third-order valence-electron chi connectivity index (χ3n) is 18.9. The summed E-state index contributed by atoms with van der Waals surface area (Å²) in [5.74, 6) is -1.23. The highest BCUT2D eigenvalue weighted by Crippen LogP contribution is 2.42. The maximum absolute atomic E-state index is 14.9. The van der Waals surface area contributed by atoms with Gasteiger partial charge in [-0.2, -0.15) is 5.10 Å². The number of esters is 2. The minimum absolute atomic E-state index is 0.00484. The lowest BCUT2D eigenvalue weighted by Crippen LogP contribution is -2.55. The summed E-state index contributed by atoms with van der Waals surface area (Å²) in [5, 5.41) is 6.49. The molecule has 5 fully saturated rings. The predicted molar refractivity (Wildman–Crippen MR) is 306 cm³/mol. The number of aryl methyl sites for hydroxylation is 1. The number of nitrogens with zero attached hydrogens (tertiary/aromatic N) is 7. The van der Waals surface area contributed by atoms with Gasteiger partial charge in [0.15, 0.2) is 13.5 Å². The summed E-state index contributed by atoms with van der Waals surface area (Å²) in [6.45, 7) is 7.84. The number of hydrogen-bond donors (Lipinski definition) is 0. The summed E-state index contributed by atoms with van der Waals surface area (Å²) < 4.78 is 15.7. The van der Waals surface area contributed by atoms with E-state index in [2.05, 4.69) is 29.0 Å². The van der Waals surface area contributed by atoms with Gasteiger partial charge in [0.2, 0.25) is 11.8 Å². The molecule has 14 nitrogen and oxygen atoms in total. The lowest BCUT2D eigenvalue weighted by molar-refractivity contribution is -0.157. The fourth-order valence-corrected chi connectivity index (χ4v) is 14.3. The number of hydrogen-bond acceptors (Lipinski definition) is 10. The number of likely N-dealkylation sites (tertiary alicyclic amines) is 2. The van der Waals surface area contributed by atoms with Crippen molar-refractivity contribution in [1.82, 2.24) is 33.9 Å². The van der Waals surface area contributed by atoms with E-state index >= 15 is 0 Å². The molecule has 5 heterocycles. The van der Waals surface area contributed by atoms with Gasteiger partial charge < -0.3 is 24.2 Å². The van der Waals surface area contributed by atoms with E-state index in [0.717, 1.165) is 129 Å². The molecule has 4 aromatic carbocycles. The number of fused-ring (bicyclic) bond motifs is 2. The van der Waals surface area contributed by atoms with E-state index in [1.165, 1.54) is 0 Å². The Balaban J connectivity index is 0.785. The van der Waals surface area contributed by atoms with E-state index in [0.29, 0.717) is 75.4 Å². The molecule has 0 spiro atoms. The number of amides is 2. The Kier molecular flexibility index (Phi) is 16.5. The van der Waals surface area contributed by atoms with Gasteiger partial charge in [-0.15, -0.1) is 0 Å². The van der Waals surface area contributed by atoms with Crippen molar-refractivity contribution in [1.29, 1.82) is 0 Å². The molecule has 2 saturated carbocycles. The molecule has 1 atom stereocenters. The molecule has 0 unspecified atom stereocenters. The van der Waals surface area contributed by atoms with Gasteiger partial charge in [0.1, 0.15) is 0 Å². The molecule has 0 radical (unpaired) electrons. The summed E-state index contributed by atoms with van der Waals surface area (Å²) in [4.78, 5) is 81.2. The first-order valence-electron chi connectivity index (χ1n) is 29.5. The van der Waals surface area contributed by atoms with E-state index in [1.54, 1.807) is 15.4 Å². The first kappa shape index (κ1) is 54.3. The van der Waals surface area contributed by atoms with Crippen LogP contribution >= 0.6 is 0 Å². The largest absolute Gasteiger partial charge is 0.443 e. The number of aromatic nitrogens is 3. The average molecular weight is 1070 g/mol. The number of carbonyl (C=O) groups is 4. The maximum atomic E-state index is 14.9. The van der Waals surface area contributed by atoms with Crippen LogP contribution in [0.5, 0.6) is 0 Å². The predicted octanol–water partition coefficient (Wildman–Crippen LogP) is 9.66. The van der Waals surface area contributed by atoms with Crippen molar-refractivity contribution in [2.45, 2.75) is 146 Å². The average Bonchev–Trinajstić information content (AvgIpc) is 4.02. The third-order valence-corrected chi connectivity index (χ3v) is 18.9. The van der Waals surface area contributed by atoms with Crippen LogP contribution in [0.4, 0.5) is 0 Å². The highest BCUT2D eigenvalue weighted by Gasteiger charge is 2.44. The van der Waals surface area contributed by atoms with Crippen LogP contribution in [-0.4, -0.2) is 123 Å². The van der Waals surface area contributed by atoms with E-state index in [4.69, 9.17) is 14.6 Å². The molecule has 416 valence electrons. The molecule has 3 saturated heterocycles. The molecular formula is C65H79N7O7. The van der Waals surface area contributed by atoms with Crippen LogP contribution in [0.3, 0.4) is 0 Å². The molecule has 2 aliphatic carbocycles. The van der Waals surface area contributed by atoms with Crippen LogP contribution in [0.2, 0.25) is 0 Å². The van der Waals surface area contributed by atoms with Crippen LogP contribution in [0, 0.1) is 12.8 Å². The summed E-state index contributed by atoms with van der Waals surface area (Å²) >= 11 is 0. The number of rotatable bonds is 15. The zero-order valence-electron chi connectivity index (χ0n) is 46.5. The molecule has 5 aliphatic rings. The number of carbonyl (C=O) groups excluding carboxylic acids is 4. The summed E-state index contributed by atoms with van der Waals surface area (Å²) in [5.41, 5.74) is 4.55. The molecular weight excluding hydrogens is 991 g/mol. The van der Waals surface area contributed by atoms with Crippen LogP contribution in [0.25, 0.3) is 21.8 Å². The Labute approximate surface area is 465 Å². The number of piperazine rings is 1. The molecule has 2 amide bonds. The summed E-state index contributed by atoms with van der Waals surface area (Å²) in [6.07, 6.45) is 14.7. The second kappa shape index (κ2) is 24.0. The summed E-state index contributed by atoms with van der Waals surface area (Å²) in [6, 6.07) is 34.4. The lowest BCUT2D eigenvalue weighted by atomic mass is 9.69. The topological polar surface area (TPSA) is 140 Å². The summed E-state index contributed by atoms with van der Waals surface area (Å²) in [7, 11) is 2.18. The zero-order chi connectivity index (χ0) is 54.5. The Bertz CT molecular complexity index is 3170. The number of ether oxygens (including phenoxy) is 2. The van der Waals surface area contributed by atoms with Crippen molar-refractivity contribution in [2.24, 2.45) is 5.92 Å². The molecule has 0 bridgehead atoms. The molecule has 14 heteroatoms. The highest BCUT2D eigenvalue weighted by atomic mass is 16.5. The van der Waals surface area contributed by atoms with Crippen LogP contribution in [0.15, 0.2) is 114 Å². The Morgan fingerprint density at radius 1 is 0.633 bits per heavy atom. The number of para-hydroxylation sites is 1. The van der Waals surface area contributed by atoms with Gasteiger partial charge >= 0.3 is 11.9 Å². The molecule has 3 aliphatic heterocycles. The molecule has 11 rings (SSSR count). The van der Waals surface area contributed by atoms with Crippen LogP contribution in [-0.2, 0) is 59.4 Å². The maximum Gasteiger partial charge on any atom is 0.318 e. The van der Waals surface area contributed by atoms with E-state index in [1.807, 2.05) is 108 Å². The van der Waals surface area contributed by atoms with Crippen molar-refractivity contribution < 1.29 is 28.7 Å². The second-order valence-electron chi connectivity index (χ2n) is 23.7. The number of pyridine rings is 1. The van der Waals surface area contributed by atoms with Gasteiger partial charge in [0, 0.05) is 62.7 Å². The first-order valence-corrected chi connectivity index (χ1v) is 29.5. The Morgan fingerprint density at radius 3 is 1.84 bits per heavy atom. The number of piperidine rings is 2. The molecule has 79 heavy (non-hydrogen) atoms. The van der Waals surface area contributed by atoms with Crippen molar-refractivity contribution in [2.75, 3.05) is 59.4 Å². The molecule has 2 aromatic heterocycles. The van der Waals surface area contributed by atoms with Gasteiger partial charge in [0.25, 0.3) is 5.56 Å². The lowest BCUT2D eigenvalue weighted by Gasteiger charge is -2.43. The first-order chi connectivity index (χ1) is 38.5. The fraction of sp³-hybridized carbons (Fsp3) is 0.508. The van der Waals surface area contributed by atoms with Crippen LogP contribution < -0.4 is 5.56 Å². The molecule has 0 N–H and O–H groups in total. The quantitative estimate of drug-likeness (QED) is 0.0914. The van der Waals surface area contributed by atoms with E-state index < -0.39 is 16.7 Å². The van der Waals surface area contributed by atoms with Gasteiger partial charge in [0.05, 0.1) is 34.0 Å². The highest BCUT2D eigenvalue weighted by molar-refractivity contribution is 5.88. The van der Waals surface area contributed by atoms with E-state index in [-0.39, 0.29) is 55.1 Å². The zero-order valence-corrected chi connectivity index (χ0v) is 46.5. The third kappa shape index (κ3) is 11.4. The minimum Gasteiger partial charge on any atom is -0.443 e. The fourth-order valence-electron chi connectivity index (χ4n) is 14.3. The van der Waals surface area contributed by atoms with Gasteiger partial charge in [-0.05, 0) is 137 Å². The van der Waals surface area contributed by atoms with Gasteiger partial charge in [-0.25, -0.2) is 4.68 Å². The standard InChI is InChI=1S/C65H79N7O7/c1-47-39-48(41-52-44-66-72(59(47)52)46-79-63(77)65(29-15-6-16-30-65)54-20-9-4-10-21-54)40-51(60(74)70-37-35-68(36-38-70)55-25-31-67(2)32-26-55)43-58(73)69-33-23-49(24-34-69)56-42-50-17-11-12-22-57(50)71(61(56)75)45-78-62(76)64(27-13-5-14-28-64)53-18-7-3-8-19-53/h3-4,7-12,17-22,39,41-42,44,49,51,55H,5-6,13-16,23-38,40,43,45-46H2,1-2H3/t51-/m0/s1. The Hall–Kier alpha value is -6.64.